The second kappa shape index (κ2) is 13.6. The van der Waals surface area contributed by atoms with E-state index in [-0.39, 0.29) is 12.1 Å². The molecule has 0 saturated heterocycles. The Bertz CT molecular complexity index is 1080. The predicted octanol–water partition coefficient (Wildman–Crippen LogP) is 6.46. The molecule has 0 aliphatic heterocycles. The van der Waals surface area contributed by atoms with Crippen molar-refractivity contribution in [2.75, 3.05) is 30.9 Å². The molecule has 0 fully saturated rings. The van der Waals surface area contributed by atoms with Crippen LogP contribution in [0, 0.1) is 11.8 Å². The number of carbonyl (C=O) groups is 1. The Hall–Kier alpha value is -3.91. The van der Waals surface area contributed by atoms with Gasteiger partial charge in [-0.1, -0.05) is 37.8 Å². The van der Waals surface area contributed by atoms with Crippen molar-refractivity contribution in [1.82, 2.24) is 5.32 Å². The summed E-state index contributed by atoms with van der Waals surface area (Å²) in [6, 6.07) is 23.0. The highest BCUT2D eigenvalue weighted by atomic mass is 16.5. The summed E-state index contributed by atoms with van der Waals surface area (Å²) in [5.41, 5.74) is 4.69. The maximum atomic E-state index is 12.3. The molecule has 0 heterocycles. The topological polar surface area (TPSA) is 53.6 Å². The van der Waals surface area contributed by atoms with Crippen molar-refractivity contribution >= 4 is 17.4 Å². The van der Waals surface area contributed by atoms with Crippen LogP contribution in [0.15, 0.2) is 72.8 Å². The van der Waals surface area contributed by atoms with Crippen molar-refractivity contribution in [2.24, 2.45) is 0 Å². The number of nitrogens with zero attached hydrogens (tertiary/aromatic N) is 1. The number of carbonyl (C=O) groups excluding carboxylic acids is 1. The van der Waals surface area contributed by atoms with Gasteiger partial charge < -0.3 is 20.3 Å². The van der Waals surface area contributed by atoms with Crippen LogP contribution in [-0.2, 0) is 0 Å². The molecular formula is C29H35N3O2. The molecule has 2 N–H and O–H groups in total. The Kier molecular flexibility index (Phi) is 10.5. The van der Waals surface area contributed by atoms with E-state index in [4.69, 9.17) is 4.74 Å². The van der Waals surface area contributed by atoms with E-state index in [1.807, 2.05) is 119 Å². The Morgan fingerprint density at radius 3 is 1.91 bits per heavy atom. The van der Waals surface area contributed by atoms with Crippen molar-refractivity contribution in [3.05, 3.63) is 89.5 Å². The fourth-order valence-electron chi connectivity index (χ4n) is 3.09. The first-order chi connectivity index (χ1) is 16.4. The third-order valence-electron chi connectivity index (χ3n) is 4.92. The lowest BCUT2D eigenvalue weighted by Crippen LogP contribution is -2.31. The van der Waals surface area contributed by atoms with Crippen LogP contribution >= 0.6 is 0 Å². The molecule has 1 unspecified atom stereocenters. The fourth-order valence-corrected chi connectivity index (χ4v) is 3.09. The standard InChI is InChI=1S/C27H29N3O2.C2H6/c1-5-32-26-18-10-22(11-19-26)7-6-21-8-12-23(13-9-21)20(2)28-27(31)29-24-14-16-25(17-15-24)30(3)4;1-2/h8-20H,5H2,1-4H3,(H2,28,29,31);1-2H3. The van der Waals surface area contributed by atoms with Crippen molar-refractivity contribution in [1.29, 1.82) is 0 Å². The summed E-state index contributed by atoms with van der Waals surface area (Å²) >= 11 is 0. The monoisotopic (exact) mass is 457 g/mol. The van der Waals surface area contributed by atoms with Crippen molar-refractivity contribution in [3.8, 4) is 17.6 Å². The molecule has 0 saturated carbocycles. The molecule has 5 heteroatoms. The lowest BCUT2D eigenvalue weighted by Gasteiger charge is -2.16. The summed E-state index contributed by atoms with van der Waals surface area (Å²) < 4.78 is 5.45. The van der Waals surface area contributed by atoms with Gasteiger partial charge in [0.05, 0.1) is 12.6 Å². The molecule has 178 valence electrons. The smallest absolute Gasteiger partial charge is 0.319 e. The molecule has 0 aliphatic rings. The lowest BCUT2D eigenvalue weighted by atomic mass is 10.1. The number of amides is 2. The van der Waals surface area contributed by atoms with Crippen LogP contribution in [-0.4, -0.2) is 26.7 Å². The van der Waals surface area contributed by atoms with Crippen LogP contribution in [0.1, 0.15) is 50.4 Å². The van der Waals surface area contributed by atoms with E-state index in [1.54, 1.807) is 0 Å². The van der Waals surface area contributed by atoms with Crippen LogP contribution in [0.2, 0.25) is 0 Å². The molecule has 5 nitrogen and oxygen atoms in total. The normalized spacial score (nSPS) is 10.5. The van der Waals surface area contributed by atoms with Gasteiger partial charge >= 0.3 is 6.03 Å². The zero-order valence-electron chi connectivity index (χ0n) is 21.0. The minimum atomic E-state index is -0.241. The van der Waals surface area contributed by atoms with Gasteiger partial charge in [0.1, 0.15) is 5.75 Å². The number of urea groups is 1. The first-order valence-corrected chi connectivity index (χ1v) is 11.6. The van der Waals surface area contributed by atoms with Crippen LogP contribution in [0.3, 0.4) is 0 Å². The molecular weight excluding hydrogens is 422 g/mol. The molecule has 0 bridgehead atoms. The highest BCUT2D eigenvalue weighted by Gasteiger charge is 2.09. The SMILES string of the molecule is CC.CCOc1ccc(C#Cc2ccc(C(C)NC(=O)Nc3ccc(N(C)C)cc3)cc2)cc1. The second-order valence-corrected chi connectivity index (χ2v) is 7.59. The fraction of sp³-hybridized carbons (Fsp3) is 0.276. The van der Waals surface area contributed by atoms with E-state index in [9.17, 15) is 4.79 Å². The Morgan fingerprint density at radius 1 is 0.882 bits per heavy atom. The molecule has 3 rings (SSSR count). The number of rotatable bonds is 6. The van der Waals surface area contributed by atoms with Crippen LogP contribution in [0.25, 0.3) is 0 Å². The third-order valence-corrected chi connectivity index (χ3v) is 4.92. The van der Waals surface area contributed by atoms with Gasteiger partial charge in [-0.05, 0) is 80.1 Å². The number of anilines is 2. The molecule has 3 aromatic rings. The number of hydrogen-bond acceptors (Lipinski definition) is 3. The van der Waals surface area contributed by atoms with Gasteiger partial charge in [-0.25, -0.2) is 4.79 Å². The highest BCUT2D eigenvalue weighted by Crippen LogP contribution is 2.17. The maximum absolute atomic E-state index is 12.3. The molecule has 0 radical (unpaired) electrons. The van der Waals surface area contributed by atoms with Gasteiger partial charge in [0.2, 0.25) is 0 Å². The molecule has 34 heavy (non-hydrogen) atoms. The highest BCUT2D eigenvalue weighted by molar-refractivity contribution is 5.89. The van der Waals surface area contributed by atoms with E-state index in [0.29, 0.717) is 6.61 Å². The average Bonchev–Trinajstić information content (AvgIpc) is 2.85. The first kappa shape index (κ1) is 26.3. The van der Waals surface area contributed by atoms with Gasteiger partial charge in [-0.2, -0.15) is 0 Å². The number of hydrogen-bond donors (Lipinski definition) is 2. The molecule has 0 aromatic heterocycles. The zero-order chi connectivity index (χ0) is 24.9. The lowest BCUT2D eigenvalue weighted by molar-refractivity contribution is 0.249. The van der Waals surface area contributed by atoms with Crippen molar-refractivity contribution < 1.29 is 9.53 Å². The summed E-state index contributed by atoms with van der Waals surface area (Å²) in [6.45, 7) is 8.57. The Labute approximate surface area is 204 Å². The van der Waals surface area contributed by atoms with Crippen LogP contribution in [0.4, 0.5) is 16.2 Å². The second-order valence-electron chi connectivity index (χ2n) is 7.59. The van der Waals surface area contributed by atoms with Gasteiger partial charge in [-0.15, -0.1) is 0 Å². The van der Waals surface area contributed by atoms with Gasteiger partial charge in [0.15, 0.2) is 0 Å². The third kappa shape index (κ3) is 8.22. The minimum absolute atomic E-state index is 0.135. The number of nitrogens with one attached hydrogen (secondary N) is 2. The van der Waals surface area contributed by atoms with E-state index >= 15 is 0 Å². The molecule has 2 amide bonds. The number of benzene rings is 3. The van der Waals surface area contributed by atoms with E-state index in [2.05, 4.69) is 22.5 Å². The van der Waals surface area contributed by atoms with Crippen molar-refractivity contribution in [2.45, 2.75) is 33.7 Å². The first-order valence-electron chi connectivity index (χ1n) is 11.6. The van der Waals surface area contributed by atoms with Crippen molar-refractivity contribution in [3.63, 3.8) is 0 Å². The maximum Gasteiger partial charge on any atom is 0.319 e. The number of ether oxygens (including phenoxy) is 1. The molecule has 3 aromatic carbocycles. The predicted molar refractivity (Wildman–Crippen MR) is 143 cm³/mol. The van der Waals surface area contributed by atoms with Gasteiger partial charge in [-0.3, -0.25) is 0 Å². The van der Waals surface area contributed by atoms with Crippen LogP contribution < -0.4 is 20.3 Å². The summed E-state index contributed by atoms with van der Waals surface area (Å²) in [6.07, 6.45) is 0. The summed E-state index contributed by atoms with van der Waals surface area (Å²) in [4.78, 5) is 14.4. The average molecular weight is 458 g/mol. The minimum Gasteiger partial charge on any atom is -0.494 e. The van der Waals surface area contributed by atoms with E-state index in [0.717, 1.165) is 33.8 Å². The van der Waals surface area contributed by atoms with Crippen LogP contribution in [0.5, 0.6) is 5.75 Å². The van der Waals surface area contributed by atoms with E-state index in [1.165, 1.54) is 0 Å². The Balaban J connectivity index is 0.00000199. The van der Waals surface area contributed by atoms with Gasteiger partial charge in [0, 0.05) is 36.6 Å². The summed E-state index contributed by atoms with van der Waals surface area (Å²) in [7, 11) is 3.96. The zero-order valence-corrected chi connectivity index (χ0v) is 21.0. The molecule has 0 aliphatic carbocycles. The molecule has 1 atom stereocenters. The summed E-state index contributed by atoms with van der Waals surface area (Å²) in [5, 5.41) is 5.84. The Morgan fingerprint density at radius 2 is 1.41 bits per heavy atom. The van der Waals surface area contributed by atoms with E-state index < -0.39 is 0 Å². The van der Waals surface area contributed by atoms with Gasteiger partial charge in [0.25, 0.3) is 0 Å². The quantitative estimate of drug-likeness (QED) is 0.418. The summed E-state index contributed by atoms with van der Waals surface area (Å²) in [5.74, 6) is 7.18. The largest absolute Gasteiger partial charge is 0.494 e. The molecule has 0 spiro atoms.